The summed E-state index contributed by atoms with van der Waals surface area (Å²) in [6, 6.07) is 5.85. The Bertz CT molecular complexity index is 884. The Labute approximate surface area is 163 Å². The Hall–Kier alpha value is -2.59. The highest BCUT2D eigenvalue weighted by atomic mass is 32.2. The molecule has 3 rings (SSSR count). The van der Waals surface area contributed by atoms with E-state index in [0.717, 1.165) is 37.1 Å². The minimum Gasteiger partial charge on any atom is -0.467 e. The lowest BCUT2D eigenvalue weighted by Crippen LogP contribution is -2.32. The monoisotopic (exact) mass is 382 g/mol. The van der Waals surface area contributed by atoms with E-state index >= 15 is 0 Å². The summed E-state index contributed by atoms with van der Waals surface area (Å²) in [4.78, 5) is 23.4. The van der Waals surface area contributed by atoms with Crippen molar-refractivity contribution in [3.05, 3.63) is 53.0 Å². The Balaban J connectivity index is 1.77. The molecule has 0 aliphatic heterocycles. The zero-order valence-electron chi connectivity index (χ0n) is 15.6. The highest BCUT2D eigenvalue weighted by Gasteiger charge is 2.22. The first-order valence-electron chi connectivity index (χ1n) is 8.98. The van der Waals surface area contributed by atoms with Crippen LogP contribution in [0, 0.1) is 25.2 Å². The van der Waals surface area contributed by atoms with Crippen LogP contribution in [0.25, 0.3) is 0 Å². The van der Waals surface area contributed by atoms with Crippen LogP contribution in [0.1, 0.15) is 48.5 Å². The highest BCUT2D eigenvalue weighted by molar-refractivity contribution is 8.00. The summed E-state index contributed by atoms with van der Waals surface area (Å²) >= 11 is 1.29. The second-order valence-electron chi connectivity index (χ2n) is 6.44. The van der Waals surface area contributed by atoms with E-state index in [1.54, 1.807) is 25.0 Å². The van der Waals surface area contributed by atoms with Gasteiger partial charge in [0.15, 0.2) is 0 Å². The first-order valence-corrected chi connectivity index (χ1v) is 9.97. The highest BCUT2D eigenvalue weighted by Crippen LogP contribution is 2.26. The Morgan fingerprint density at radius 3 is 2.89 bits per heavy atom. The quantitative estimate of drug-likeness (QED) is 0.552. The van der Waals surface area contributed by atoms with E-state index in [1.165, 1.54) is 11.8 Å². The van der Waals surface area contributed by atoms with E-state index in [9.17, 15) is 10.1 Å². The van der Waals surface area contributed by atoms with E-state index in [0.29, 0.717) is 28.7 Å². The average molecular weight is 382 g/mol. The number of allylic oxidation sites excluding steroid dienone is 2. The maximum absolute atomic E-state index is 13.0. The van der Waals surface area contributed by atoms with Gasteiger partial charge in [-0.15, -0.1) is 0 Å². The standard InChI is InChI=1S/C20H22N4O2S/c1-14-18(11-21)20(23-15(2)22-14)27-13-19(25)24(12-17-9-6-10-26-17)16-7-4-3-5-8-16/h6-7,9-10H,3-5,8,12-13H2,1-2H3. The molecule has 0 N–H and O–H groups in total. The molecule has 0 saturated heterocycles. The van der Waals surface area contributed by atoms with Gasteiger partial charge in [0.2, 0.25) is 5.91 Å². The van der Waals surface area contributed by atoms with Gasteiger partial charge in [-0.3, -0.25) is 4.79 Å². The lowest BCUT2D eigenvalue weighted by atomic mass is 10.0. The van der Waals surface area contributed by atoms with Gasteiger partial charge in [0.05, 0.1) is 24.3 Å². The molecule has 7 heteroatoms. The normalized spacial score (nSPS) is 13.7. The summed E-state index contributed by atoms with van der Waals surface area (Å²) in [6.45, 7) is 4.00. The fourth-order valence-corrected chi connectivity index (χ4v) is 4.05. The fraction of sp³-hybridized carbons (Fsp3) is 0.400. The van der Waals surface area contributed by atoms with Gasteiger partial charge in [-0.1, -0.05) is 17.8 Å². The lowest BCUT2D eigenvalue weighted by Gasteiger charge is -2.27. The van der Waals surface area contributed by atoms with Gasteiger partial charge in [-0.05, 0) is 51.7 Å². The molecule has 2 heterocycles. The SMILES string of the molecule is Cc1nc(C)c(C#N)c(SCC(=O)N(Cc2ccco2)C2=CCCCC2)n1. The maximum atomic E-state index is 13.0. The third-order valence-corrected chi connectivity index (χ3v) is 5.38. The molecule has 0 saturated carbocycles. The van der Waals surface area contributed by atoms with Crippen LogP contribution in [0.3, 0.4) is 0 Å². The van der Waals surface area contributed by atoms with Crippen LogP contribution in [0.2, 0.25) is 0 Å². The van der Waals surface area contributed by atoms with Gasteiger partial charge < -0.3 is 9.32 Å². The van der Waals surface area contributed by atoms with Crippen LogP contribution in [0.4, 0.5) is 0 Å². The molecule has 0 aromatic carbocycles. The van der Waals surface area contributed by atoms with Gasteiger partial charge >= 0.3 is 0 Å². The average Bonchev–Trinajstić information content (AvgIpc) is 3.18. The molecule has 0 fully saturated rings. The Morgan fingerprint density at radius 1 is 1.37 bits per heavy atom. The zero-order chi connectivity index (χ0) is 19.2. The molecular weight excluding hydrogens is 360 g/mol. The first-order chi connectivity index (χ1) is 13.1. The molecule has 2 aromatic heterocycles. The van der Waals surface area contributed by atoms with E-state index in [4.69, 9.17) is 4.42 Å². The molecule has 6 nitrogen and oxygen atoms in total. The topological polar surface area (TPSA) is 83.0 Å². The number of nitrogens with zero attached hydrogens (tertiary/aromatic N) is 4. The van der Waals surface area contributed by atoms with E-state index in [2.05, 4.69) is 22.1 Å². The summed E-state index contributed by atoms with van der Waals surface area (Å²) in [7, 11) is 0. The molecule has 27 heavy (non-hydrogen) atoms. The second kappa shape index (κ2) is 8.87. The number of furan rings is 1. The molecular formula is C20H22N4O2S. The van der Waals surface area contributed by atoms with Crippen molar-refractivity contribution in [3.63, 3.8) is 0 Å². The lowest BCUT2D eigenvalue weighted by molar-refractivity contribution is -0.127. The first kappa shape index (κ1) is 19.2. The van der Waals surface area contributed by atoms with Gasteiger partial charge in [0, 0.05) is 5.70 Å². The largest absolute Gasteiger partial charge is 0.467 e. The van der Waals surface area contributed by atoms with Crippen molar-refractivity contribution in [3.8, 4) is 6.07 Å². The molecule has 1 aliphatic carbocycles. The minimum absolute atomic E-state index is 0.0117. The number of hydrogen-bond donors (Lipinski definition) is 0. The number of thioether (sulfide) groups is 1. The van der Waals surface area contributed by atoms with Crippen molar-refractivity contribution in [1.82, 2.24) is 14.9 Å². The minimum atomic E-state index is -0.0117. The number of rotatable bonds is 6. The molecule has 1 aliphatic rings. The third kappa shape index (κ3) is 4.77. The number of aryl methyl sites for hydroxylation is 2. The van der Waals surface area contributed by atoms with Crippen molar-refractivity contribution < 1.29 is 9.21 Å². The summed E-state index contributed by atoms with van der Waals surface area (Å²) in [5, 5.41) is 9.94. The Morgan fingerprint density at radius 2 is 2.22 bits per heavy atom. The van der Waals surface area contributed by atoms with Crippen molar-refractivity contribution in [2.75, 3.05) is 5.75 Å². The summed E-state index contributed by atoms with van der Waals surface area (Å²) in [6.07, 6.45) is 7.90. The van der Waals surface area contributed by atoms with Crippen molar-refractivity contribution >= 4 is 17.7 Å². The predicted octanol–water partition coefficient (Wildman–Crippen LogP) is 4.14. The van der Waals surface area contributed by atoms with E-state index in [-0.39, 0.29) is 11.7 Å². The van der Waals surface area contributed by atoms with Gasteiger partial charge in [-0.2, -0.15) is 5.26 Å². The van der Waals surface area contributed by atoms with Crippen molar-refractivity contribution in [1.29, 1.82) is 5.26 Å². The molecule has 0 unspecified atom stereocenters. The molecule has 140 valence electrons. The molecule has 0 radical (unpaired) electrons. The van der Waals surface area contributed by atoms with Crippen molar-refractivity contribution in [2.24, 2.45) is 0 Å². The zero-order valence-corrected chi connectivity index (χ0v) is 16.4. The molecule has 0 bridgehead atoms. The number of carbonyl (C=O) groups is 1. The van der Waals surface area contributed by atoms with Gasteiger partial charge in [0.1, 0.15) is 28.2 Å². The maximum Gasteiger partial charge on any atom is 0.237 e. The molecule has 2 aromatic rings. The van der Waals surface area contributed by atoms with Gasteiger partial charge in [-0.25, -0.2) is 9.97 Å². The van der Waals surface area contributed by atoms with Crippen LogP contribution < -0.4 is 0 Å². The number of aromatic nitrogens is 2. The number of amides is 1. The molecule has 0 atom stereocenters. The smallest absolute Gasteiger partial charge is 0.237 e. The number of nitriles is 1. The van der Waals surface area contributed by atoms with Crippen molar-refractivity contribution in [2.45, 2.75) is 51.1 Å². The van der Waals surface area contributed by atoms with Crippen LogP contribution in [0.5, 0.6) is 0 Å². The molecule has 0 spiro atoms. The number of hydrogen-bond acceptors (Lipinski definition) is 6. The summed E-state index contributed by atoms with van der Waals surface area (Å²) in [5.74, 6) is 1.56. The van der Waals surface area contributed by atoms with E-state index < -0.39 is 0 Å². The summed E-state index contributed by atoms with van der Waals surface area (Å²) in [5.41, 5.74) is 2.13. The van der Waals surface area contributed by atoms with E-state index in [1.807, 2.05) is 12.1 Å². The number of carbonyl (C=O) groups excluding carboxylic acids is 1. The fourth-order valence-electron chi connectivity index (χ4n) is 3.10. The predicted molar refractivity (Wildman–Crippen MR) is 103 cm³/mol. The van der Waals surface area contributed by atoms with Crippen LogP contribution in [0.15, 0.2) is 39.6 Å². The summed E-state index contributed by atoms with van der Waals surface area (Å²) < 4.78 is 5.44. The Kier molecular flexibility index (Phi) is 6.30. The second-order valence-corrected chi connectivity index (χ2v) is 7.40. The van der Waals surface area contributed by atoms with Crippen LogP contribution in [-0.2, 0) is 11.3 Å². The van der Waals surface area contributed by atoms with Crippen LogP contribution in [-0.4, -0.2) is 26.5 Å². The van der Waals surface area contributed by atoms with Gasteiger partial charge in [0.25, 0.3) is 0 Å². The third-order valence-electron chi connectivity index (χ3n) is 4.42. The molecule has 1 amide bonds. The van der Waals surface area contributed by atoms with Crippen LogP contribution >= 0.6 is 11.8 Å².